The second kappa shape index (κ2) is 8.11. The molecule has 142 valence electrons. The molecule has 5 heteroatoms. The summed E-state index contributed by atoms with van der Waals surface area (Å²) < 4.78 is 5.70. The molecule has 0 bridgehead atoms. The minimum Gasteiger partial charge on any atom is -0.491 e. The van der Waals surface area contributed by atoms with Crippen molar-refractivity contribution >= 4 is 12.1 Å². The lowest BCUT2D eigenvalue weighted by atomic mass is 9.89. The molecular weight excluding hydrogens is 328 g/mol. The van der Waals surface area contributed by atoms with Gasteiger partial charge in [-0.05, 0) is 30.0 Å². The molecule has 1 fully saturated rings. The van der Waals surface area contributed by atoms with E-state index in [0.717, 1.165) is 24.9 Å². The maximum Gasteiger partial charge on any atom is 0.213 e. The van der Waals surface area contributed by atoms with Crippen molar-refractivity contribution in [2.75, 3.05) is 38.2 Å². The second-order valence-corrected chi connectivity index (χ2v) is 8.23. The summed E-state index contributed by atoms with van der Waals surface area (Å²) in [4.78, 5) is 14.8. The lowest BCUT2D eigenvalue weighted by Crippen LogP contribution is -2.62. The van der Waals surface area contributed by atoms with E-state index in [1.54, 1.807) is 7.05 Å². The largest absolute Gasteiger partial charge is 0.491 e. The predicted molar refractivity (Wildman–Crippen MR) is 104 cm³/mol. The van der Waals surface area contributed by atoms with Crippen LogP contribution in [0.5, 0.6) is 5.75 Å². The second-order valence-electron chi connectivity index (χ2n) is 8.23. The third-order valence-electron chi connectivity index (χ3n) is 4.07. The monoisotopic (exact) mass is 358 g/mol. The average molecular weight is 358 g/mol. The van der Waals surface area contributed by atoms with E-state index in [1.807, 2.05) is 25.1 Å². The molecule has 0 unspecified atom stereocenters. The molecular formula is C21H30N2O3. The fraction of sp³-hybridized carbons (Fsp3) is 0.571. The number of hydrogen-bond donors (Lipinski definition) is 1. The fourth-order valence-electron chi connectivity index (χ4n) is 3.01. The van der Waals surface area contributed by atoms with Crippen LogP contribution in [0, 0.1) is 17.3 Å². The first-order valence-corrected chi connectivity index (χ1v) is 9.09. The van der Waals surface area contributed by atoms with E-state index in [4.69, 9.17) is 4.74 Å². The van der Waals surface area contributed by atoms with E-state index in [2.05, 4.69) is 37.5 Å². The molecule has 0 saturated carbocycles. The van der Waals surface area contributed by atoms with E-state index in [1.165, 1.54) is 4.90 Å². The Morgan fingerprint density at radius 2 is 2.08 bits per heavy atom. The number of rotatable bonds is 6. The van der Waals surface area contributed by atoms with Crippen molar-refractivity contribution in [1.29, 1.82) is 0 Å². The fourth-order valence-corrected chi connectivity index (χ4v) is 3.01. The van der Waals surface area contributed by atoms with Gasteiger partial charge >= 0.3 is 0 Å². The molecule has 1 aliphatic heterocycles. The molecule has 26 heavy (non-hydrogen) atoms. The Kier molecular flexibility index (Phi) is 6.33. The van der Waals surface area contributed by atoms with Crippen molar-refractivity contribution in [2.45, 2.75) is 39.7 Å². The topological polar surface area (TPSA) is 53.0 Å². The number of ether oxygens (including phenoxy) is 1. The van der Waals surface area contributed by atoms with Crippen LogP contribution in [0.2, 0.25) is 0 Å². The molecule has 1 N–H and O–H groups in total. The summed E-state index contributed by atoms with van der Waals surface area (Å²) in [6.07, 6.45) is 1.64. The summed E-state index contributed by atoms with van der Waals surface area (Å²) in [6, 6.07) is 5.50. The van der Waals surface area contributed by atoms with Crippen molar-refractivity contribution in [2.24, 2.45) is 5.41 Å². The van der Waals surface area contributed by atoms with Crippen LogP contribution >= 0.6 is 0 Å². The number of benzene rings is 1. The van der Waals surface area contributed by atoms with Gasteiger partial charge < -0.3 is 14.7 Å². The molecule has 1 amide bonds. The van der Waals surface area contributed by atoms with Crippen molar-refractivity contribution in [3.63, 3.8) is 0 Å². The summed E-state index contributed by atoms with van der Waals surface area (Å²) in [6.45, 7) is 11.2. The van der Waals surface area contributed by atoms with Gasteiger partial charge in [-0.25, -0.2) is 0 Å². The highest BCUT2D eigenvalue weighted by atomic mass is 16.5. The van der Waals surface area contributed by atoms with Gasteiger partial charge in [0.1, 0.15) is 5.75 Å². The smallest absolute Gasteiger partial charge is 0.213 e. The van der Waals surface area contributed by atoms with Crippen LogP contribution in [-0.4, -0.2) is 55.3 Å². The Bertz CT molecular complexity index is 691. The van der Waals surface area contributed by atoms with Crippen LogP contribution in [0.3, 0.4) is 0 Å². The summed E-state index contributed by atoms with van der Waals surface area (Å²) in [5.74, 6) is 6.70. The van der Waals surface area contributed by atoms with Gasteiger partial charge in [-0.2, -0.15) is 0 Å². The number of carbonyl (C=O) groups excluding carboxylic acids is 1. The van der Waals surface area contributed by atoms with E-state index >= 15 is 0 Å². The van der Waals surface area contributed by atoms with Crippen LogP contribution in [0.15, 0.2) is 18.2 Å². The highest BCUT2D eigenvalue weighted by molar-refractivity contribution is 5.79. The molecule has 0 aromatic heterocycles. The van der Waals surface area contributed by atoms with Crippen LogP contribution in [0.4, 0.5) is 5.69 Å². The van der Waals surface area contributed by atoms with Crippen LogP contribution in [-0.2, 0) is 4.79 Å². The van der Waals surface area contributed by atoms with Gasteiger partial charge in [0.2, 0.25) is 6.41 Å². The Morgan fingerprint density at radius 3 is 2.65 bits per heavy atom. The van der Waals surface area contributed by atoms with Crippen molar-refractivity contribution in [3.8, 4) is 17.6 Å². The minimum atomic E-state index is -0.959. The van der Waals surface area contributed by atoms with Crippen LogP contribution in [0.1, 0.15) is 39.7 Å². The van der Waals surface area contributed by atoms with Crippen molar-refractivity contribution in [1.82, 2.24) is 4.90 Å². The van der Waals surface area contributed by atoms with Crippen LogP contribution < -0.4 is 9.64 Å². The quantitative estimate of drug-likeness (QED) is 0.627. The average Bonchev–Trinajstić information content (AvgIpc) is 2.55. The lowest BCUT2D eigenvalue weighted by molar-refractivity contribution is -0.107. The first-order valence-electron chi connectivity index (χ1n) is 9.09. The van der Waals surface area contributed by atoms with E-state index in [0.29, 0.717) is 31.1 Å². The standard InChI is InChI=1S/C21H30N2O3/c1-6-11-26-19-8-7-17(12-18(19)22(5)16-24)9-10-21(25)14-23(15-21)13-20(2,3)4/h7-8,12,16,25H,6,11,13-15H2,1-5H3. The lowest BCUT2D eigenvalue weighted by Gasteiger charge is -2.45. The molecule has 1 aliphatic rings. The van der Waals surface area contributed by atoms with Crippen LogP contribution in [0.25, 0.3) is 0 Å². The summed E-state index contributed by atoms with van der Waals surface area (Å²) in [7, 11) is 1.68. The number of carbonyl (C=O) groups is 1. The normalized spacial score (nSPS) is 16.2. The SMILES string of the molecule is CCCOc1ccc(C#CC2(O)CN(CC(C)(C)C)C2)cc1N(C)C=O. The molecule has 1 aromatic rings. The summed E-state index contributed by atoms with van der Waals surface area (Å²) in [5, 5.41) is 10.5. The molecule has 0 atom stereocenters. The number of hydrogen-bond acceptors (Lipinski definition) is 4. The Balaban J connectivity index is 2.11. The van der Waals surface area contributed by atoms with E-state index in [-0.39, 0.29) is 5.41 Å². The third-order valence-corrected chi connectivity index (χ3v) is 4.07. The predicted octanol–water partition coefficient (Wildman–Crippen LogP) is 2.51. The maximum atomic E-state index is 11.2. The first-order chi connectivity index (χ1) is 12.2. The van der Waals surface area contributed by atoms with Gasteiger partial charge in [0.05, 0.1) is 12.3 Å². The van der Waals surface area contributed by atoms with E-state index < -0.39 is 5.60 Å². The van der Waals surface area contributed by atoms with Gasteiger partial charge in [0, 0.05) is 32.2 Å². The van der Waals surface area contributed by atoms with E-state index in [9.17, 15) is 9.90 Å². The van der Waals surface area contributed by atoms with Crippen molar-refractivity contribution in [3.05, 3.63) is 23.8 Å². The maximum absolute atomic E-state index is 11.2. The zero-order chi connectivity index (χ0) is 19.4. The summed E-state index contributed by atoms with van der Waals surface area (Å²) in [5.41, 5.74) is 0.673. The molecule has 5 nitrogen and oxygen atoms in total. The number of anilines is 1. The highest BCUT2D eigenvalue weighted by Crippen LogP contribution is 2.29. The van der Waals surface area contributed by atoms with Crippen molar-refractivity contribution < 1.29 is 14.6 Å². The zero-order valence-corrected chi connectivity index (χ0v) is 16.5. The minimum absolute atomic E-state index is 0.206. The molecule has 2 rings (SSSR count). The van der Waals surface area contributed by atoms with Gasteiger partial charge in [-0.1, -0.05) is 39.5 Å². The molecule has 1 saturated heterocycles. The molecule has 1 aromatic carbocycles. The number of nitrogens with zero attached hydrogens (tertiary/aromatic N) is 2. The Labute approximate surface area is 156 Å². The number of β-amino-alcohol motifs (C(OH)–C–C–N with tert-alkyl or cyclic N) is 1. The molecule has 1 heterocycles. The Morgan fingerprint density at radius 1 is 1.38 bits per heavy atom. The molecule has 0 radical (unpaired) electrons. The first kappa shape index (κ1) is 20.3. The number of aliphatic hydroxyl groups is 1. The zero-order valence-electron chi connectivity index (χ0n) is 16.5. The Hall–Kier alpha value is -2.03. The van der Waals surface area contributed by atoms with Gasteiger partial charge in [0.15, 0.2) is 5.60 Å². The summed E-state index contributed by atoms with van der Waals surface area (Å²) >= 11 is 0. The van der Waals surface area contributed by atoms with Gasteiger partial charge in [0.25, 0.3) is 0 Å². The molecule has 0 spiro atoms. The number of likely N-dealkylation sites (tertiary alicyclic amines) is 1. The number of amides is 1. The third kappa shape index (κ3) is 5.48. The highest BCUT2D eigenvalue weighted by Gasteiger charge is 2.40. The van der Waals surface area contributed by atoms with Gasteiger partial charge in [-0.15, -0.1) is 0 Å². The molecule has 0 aliphatic carbocycles. The van der Waals surface area contributed by atoms with Gasteiger partial charge in [-0.3, -0.25) is 9.69 Å².